The largest absolute Gasteiger partial charge is 0.481 e. The van der Waals surface area contributed by atoms with E-state index in [1.165, 1.54) is 11.1 Å². The topological polar surface area (TPSA) is 53.1 Å². The summed E-state index contributed by atoms with van der Waals surface area (Å²) in [6.45, 7) is 3.41. The van der Waals surface area contributed by atoms with E-state index in [4.69, 9.17) is 10.5 Å². The molecule has 2 aromatic rings. The van der Waals surface area contributed by atoms with Gasteiger partial charge < -0.3 is 10.5 Å². The summed E-state index contributed by atoms with van der Waals surface area (Å²) < 4.78 is 7.29. The molecular weight excluding hydrogens is 226 g/mol. The first-order chi connectivity index (χ1) is 8.74. The van der Waals surface area contributed by atoms with Crippen molar-refractivity contribution >= 4 is 0 Å². The third kappa shape index (κ3) is 2.71. The molecule has 0 atom stereocenters. The quantitative estimate of drug-likeness (QED) is 0.873. The van der Waals surface area contributed by atoms with E-state index >= 15 is 0 Å². The minimum atomic E-state index is 0.604. The number of nitrogens with zero attached hydrogens (tertiary/aromatic N) is 2. The number of rotatable bonds is 5. The van der Waals surface area contributed by atoms with Gasteiger partial charge in [-0.2, -0.15) is 5.10 Å². The fraction of sp³-hybridized carbons (Fsp3) is 0.357. The second-order valence-electron chi connectivity index (χ2n) is 4.36. The summed E-state index contributed by atoms with van der Waals surface area (Å²) in [5.74, 6) is 0.807. The Morgan fingerprint density at radius 1 is 1.39 bits per heavy atom. The Balaban J connectivity index is 2.23. The molecule has 0 saturated carbocycles. The van der Waals surface area contributed by atoms with Crippen LogP contribution in [-0.2, 0) is 13.0 Å². The molecule has 0 spiro atoms. The zero-order valence-electron chi connectivity index (χ0n) is 10.9. The molecule has 0 aliphatic heterocycles. The van der Waals surface area contributed by atoms with Crippen molar-refractivity contribution in [3.05, 3.63) is 47.2 Å². The molecule has 18 heavy (non-hydrogen) atoms. The standard InChI is InChI=1S/C14H19N3O/c1-11-4-3-5-12(8-11)10-17-14(18-2)13(6-7-15)9-16-17/h3-5,8-9H,6-7,10,15H2,1-2H3. The summed E-state index contributed by atoms with van der Waals surface area (Å²) in [5, 5.41) is 4.37. The van der Waals surface area contributed by atoms with E-state index in [1.807, 2.05) is 10.9 Å². The van der Waals surface area contributed by atoms with Crippen LogP contribution in [-0.4, -0.2) is 23.4 Å². The average molecular weight is 245 g/mol. The molecule has 0 aliphatic carbocycles. The molecule has 0 aliphatic rings. The van der Waals surface area contributed by atoms with Gasteiger partial charge in [0, 0.05) is 5.56 Å². The Hall–Kier alpha value is -1.81. The first kappa shape index (κ1) is 12.6. The first-order valence-electron chi connectivity index (χ1n) is 6.09. The average Bonchev–Trinajstić information content (AvgIpc) is 2.72. The van der Waals surface area contributed by atoms with Gasteiger partial charge in [-0.3, -0.25) is 0 Å². The van der Waals surface area contributed by atoms with Crippen molar-refractivity contribution in [3.63, 3.8) is 0 Å². The molecule has 0 unspecified atom stereocenters. The molecule has 1 aromatic carbocycles. The van der Waals surface area contributed by atoms with E-state index < -0.39 is 0 Å². The van der Waals surface area contributed by atoms with Crippen LogP contribution in [0.1, 0.15) is 16.7 Å². The molecule has 0 radical (unpaired) electrons. The number of hydrogen-bond donors (Lipinski definition) is 1. The molecule has 2 rings (SSSR count). The smallest absolute Gasteiger partial charge is 0.215 e. The molecule has 0 saturated heterocycles. The Bertz CT molecular complexity index is 520. The van der Waals surface area contributed by atoms with E-state index in [0.717, 1.165) is 24.4 Å². The highest BCUT2D eigenvalue weighted by Gasteiger charge is 2.10. The van der Waals surface area contributed by atoms with Crippen LogP contribution in [0, 0.1) is 6.92 Å². The number of hydrogen-bond acceptors (Lipinski definition) is 3. The summed E-state index contributed by atoms with van der Waals surface area (Å²) in [5.41, 5.74) is 9.10. The van der Waals surface area contributed by atoms with Crippen LogP contribution in [0.3, 0.4) is 0 Å². The van der Waals surface area contributed by atoms with E-state index in [1.54, 1.807) is 7.11 Å². The van der Waals surface area contributed by atoms with Crippen molar-refractivity contribution in [1.29, 1.82) is 0 Å². The van der Waals surface area contributed by atoms with Crippen molar-refractivity contribution in [2.24, 2.45) is 5.73 Å². The zero-order chi connectivity index (χ0) is 13.0. The van der Waals surface area contributed by atoms with Gasteiger partial charge in [0.1, 0.15) is 0 Å². The van der Waals surface area contributed by atoms with Gasteiger partial charge in [-0.15, -0.1) is 0 Å². The minimum absolute atomic E-state index is 0.604. The highest BCUT2D eigenvalue weighted by Crippen LogP contribution is 2.19. The number of benzene rings is 1. The molecule has 1 aromatic heterocycles. The van der Waals surface area contributed by atoms with Crippen LogP contribution in [0.4, 0.5) is 0 Å². The highest BCUT2D eigenvalue weighted by atomic mass is 16.5. The molecule has 96 valence electrons. The van der Waals surface area contributed by atoms with Crippen molar-refractivity contribution in [3.8, 4) is 5.88 Å². The first-order valence-corrected chi connectivity index (χ1v) is 6.09. The predicted molar refractivity (Wildman–Crippen MR) is 71.8 cm³/mol. The van der Waals surface area contributed by atoms with Crippen LogP contribution >= 0.6 is 0 Å². The number of nitrogens with two attached hydrogens (primary N) is 1. The summed E-state index contributed by atoms with van der Waals surface area (Å²) in [7, 11) is 1.67. The van der Waals surface area contributed by atoms with Crippen molar-refractivity contribution < 1.29 is 4.74 Å². The van der Waals surface area contributed by atoms with Gasteiger partial charge in [0.15, 0.2) is 0 Å². The lowest BCUT2D eigenvalue weighted by Crippen LogP contribution is -2.07. The summed E-state index contributed by atoms with van der Waals surface area (Å²) in [6.07, 6.45) is 2.62. The van der Waals surface area contributed by atoms with E-state index in [0.29, 0.717) is 6.54 Å². The second kappa shape index (κ2) is 5.69. The Morgan fingerprint density at radius 2 is 2.22 bits per heavy atom. The number of methoxy groups -OCH3 is 1. The number of aryl methyl sites for hydroxylation is 1. The van der Waals surface area contributed by atoms with Gasteiger partial charge in [0.25, 0.3) is 0 Å². The van der Waals surface area contributed by atoms with Gasteiger partial charge in [0.05, 0.1) is 19.9 Å². The molecule has 1 heterocycles. The molecule has 0 amide bonds. The van der Waals surface area contributed by atoms with Crippen LogP contribution in [0.2, 0.25) is 0 Å². The van der Waals surface area contributed by atoms with Crippen LogP contribution in [0.25, 0.3) is 0 Å². The minimum Gasteiger partial charge on any atom is -0.481 e. The highest BCUT2D eigenvalue weighted by molar-refractivity contribution is 5.27. The lowest BCUT2D eigenvalue weighted by atomic mass is 10.1. The maximum absolute atomic E-state index is 5.57. The second-order valence-corrected chi connectivity index (χ2v) is 4.36. The fourth-order valence-corrected chi connectivity index (χ4v) is 2.07. The van der Waals surface area contributed by atoms with Crippen molar-refractivity contribution in [1.82, 2.24) is 9.78 Å². The van der Waals surface area contributed by atoms with E-state index in [-0.39, 0.29) is 0 Å². The van der Waals surface area contributed by atoms with Crippen LogP contribution in [0.15, 0.2) is 30.5 Å². The van der Waals surface area contributed by atoms with Gasteiger partial charge in [-0.1, -0.05) is 29.8 Å². The van der Waals surface area contributed by atoms with Crippen molar-refractivity contribution in [2.45, 2.75) is 19.9 Å². The Morgan fingerprint density at radius 3 is 2.89 bits per heavy atom. The van der Waals surface area contributed by atoms with E-state index in [2.05, 4.69) is 36.3 Å². The lowest BCUT2D eigenvalue weighted by Gasteiger charge is -2.08. The fourth-order valence-electron chi connectivity index (χ4n) is 2.07. The number of aromatic nitrogens is 2. The number of ether oxygens (including phenoxy) is 1. The molecule has 4 heteroatoms. The molecule has 0 bridgehead atoms. The molecule has 0 fully saturated rings. The summed E-state index contributed by atoms with van der Waals surface area (Å²) in [6, 6.07) is 8.39. The van der Waals surface area contributed by atoms with E-state index in [9.17, 15) is 0 Å². The van der Waals surface area contributed by atoms with Gasteiger partial charge in [-0.25, -0.2) is 4.68 Å². The summed E-state index contributed by atoms with van der Waals surface area (Å²) in [4.78, 5) is 0. The predicted octanol–water partition coefficient (Wildman–Crippen LogP) is 1.75. The van der Waals surface area contributed by atoms with Crippen LogP contribution in [0.5, 0.6) is 5.88 Å². The SMILES string of the molecule is COc1c(CCN)cnn1Cc1cccc(C)c1. The van der Waals surface area contributed by atoms with Crippen LogP contribution < -0.4 is 10.5 Å². The molecule has 4 nitrogen and oxygen atoms in total. The lowest BCUT2D eigenvalue weighted by molar-refractivity contribution is 0.363. The molecule has 2 N–H and O–H groups in total. The maximum atomic E-state index is 5.57. The van der Waals surface area contributed by atoms with Gasteiger partial charge >= 0.3 is 0 Å². The van der Waals surface area contributed by atoms with Crippen molar-refractivity contribution in [2.75, 3.05) is 13.7 Å². The van der Waals surface area contributed by atoms with Gasteiger partial charge in [-0.05, 0) is 25.5 Å². The third-order valence-electron chi connectivity index (χ3n) is 2.88. The Kier molecular flexibility index (Phi) is 3.99. The normalized spacial score (nSPS) is 10.6. The monoisotopic (exact) mass is 245 g/mol. The van der Waals surface area contributed by atoms with Gasteiger partial charge in [0.2, 0.25) is 5.88 Å². The molecular formula is C14H19N3O. The Labute approximate surface area is 107 Å². The third-order valence-corrected chi connectivity index (χ3v) is 2.88. The zero-order valence-corrected chi connectivity index (χ0v) is 10.9. The summed E-state index contributed by atoms with van der Waals surface area (Å²) >= 11 is 0. The maximum Gasteiger partial charge on any atom is 0.215 e.